The van der Waals surface area contributed by atoms with Gasteiger partial charge >= 0.3 is 0 Å². The second kappa shape index (κ2) is 8.10. The number of nitrogens with one attached hydrogen (secondary N) is 2. The molecular weight excluding hydrogens is 371 g/mol. The Morgan fingerprint density at radius 3 is 2.21 bits per heavy atom. The molecule has 1 heterocycles. The fraction of sp³-hybridized carbons (Fsp3) is 0.368. The van der Waals surface area contributed by atoms with Crippen molar-refractivity contribution < 1.29 is 18.9 Å². The van der Waals surface area contributed by atoms with E-state index in [1.807, 2.05) is 24.3 Å². The molecule has 1 saturated heterocycles. The van der Waals surface area contributed by atoms with E-state index in [9.17, 15) is 4.39 Å². The zero-order valence-corrected chi connectivity index (χ0v) is 15.5. The van der Waals surface area contributed by atoms with Gasteiger partial charge < -0.3 is 14.5 Å². The van der Waals surface area contributed by atoms with Crippen molar-refractivity contribution in [1.82, 2.24) is 0 Å². The van der Waals surface area contributed by atoms with Crippen LogP contribution in [0.3, 0.4) is 0 Å². The second-order valence-electron chi connectivity index (χ2n) is 6.44. The lowest BCUT2D eigenvalue weighted by Crippen LogP contribution is -3.27. The van der Waals surface area contributed by atoms with Gasteiger partial charge in [0.05, 0.1) is 7.11 Å². The SMILES string of the molecule is COc1ccc(Br)cc1C[NH+]1CC[NH+](Cc2ccc(F)cc2)CC1. The second-order valence-corrected chi connectivity index (χ2v) is 7.35. The summed E-state index contributed by atoms with van der Waals surface area (Å²) in [4.78, 5) is 3.17. The molecule has 5 heteroatoms. The molecule has 0 spiro atoms. The number of hydrogen-bond donors (Lipinski definition) is 2. The number of benzene rings is 2. The predicted octanol–water partition coefficient (Wildman–Crippen LogP) is 1.08. The van der Waals surface area contributed by atoms with Crippen LogP contribution in [0.2, 0.25) is 0 Å². The van der Waals surface area contributed by atoms with Crippen LogP contribution in [-0.2, 0) is 13.1 Å². The fourth-order valence-corrected chi connectivity index (χ4v) is 3.76. The van der Waals surface area contributed by atoms with Gasteiger partial charge in [-0.2, -0.15) is 0 Å². The Kier molecular flexibility index (Phi) is 5.87. The normalized spacial score (nSPS) is 20.8. The largest absolute Gasteiger partial charge is 0.496 e. The third-order valence-electron chi connectivity index (χ3n) is 4.71. The highest BCUT2D eigenvalue weighted by Gasteiger charge is 2.24. The Bertz CT molecular complexity index is 670. The molecule has 0 unspecified atom stereocenters. The van der Waals surface area contributed by atoms with Crippen LogP contribution in [0.5, 0.6) is 5.75 Å². The lowest BCUT2D eigenvalue weighted by atomic mass is 10.1. The van der Waals surface area contributed by atoms with Crippen LogP contribution in [0.15, 0.2) is 46.9 Å². The number of ether oxygens (including phenoxy) is 1. The van der Waals surface area contributed by atoms with E-state index in [4.69, 9.17) is 4.74 Å². The molecule has 0 saturated carbocycles. The van der Waals surface area contributed by atoms with E-state index in [-0.39, 0.29) is 5.82 Å². The average molecular weight is 395 g/mol. The van der Waals surface area contributed by atoms with Gasteiger partial charge in [0.1, 0.15) is 50.8 Å². The summed E-state index contributed by atoms with van der Waals surface area (Å²) in [6.07, 6.45) is 0. The first-order valence-electron chi connectivity index (χ1n) is 8.38. The number of halogens is 2. The molecule has 0 radical (unpaired) electrons. The van der Waals surface area contributed by atoms with Crippen molar-refractivity contribution >= 4 is 15.9 Å². The van der Waals surface area contributed by atoms with Crippen LogP contribution in [0.25, 0.3) is 0 Å². The summed E-state index contributed by atoms with van der Waals surface area (Å²) in [5, 5.41) is 0. The molecule has 0 atom stereocenters. The molecule has 1 fully saturated rings. The Morgan fingerprint density at radius 2 is 1.58 bits per heavy atom. The number of rotatable bonds is 5. The minimum atomic E-state index is -0.161. The summed E-state index contributed by atoms with van der Waals surface area (Å²) >= 11 is 3.55. The topological polar surface area (TPSA) is 18.1 Å². The highest BCUT2D eigenvalue weighted by Crippen LogP contribution is 2.22. The quantitative estimate of drug-likeness (QED) is 0.776. The standard InChI is InChI=1S/C19H22BrFN2O/c1-24-19-7-4-17(20)12-16(19)14-23-10-8-22(9-11-23)13-15-2-5-18(21)6-3-15/h2-7,12H,8-11,13-14H2,1H3/p+2. The molecule has 3 rings (SSSR count). The van der Waals surface area contributed by atoms with Crippen LogP contribution in [0.1, 0.15) is 11.1 Å². The van der Waals surface area contributed by atoms with Gasteiger partial charge in [0.15, 0.2) is 0 Å². The molecule has 2 N–H and O–H groups in total. The number of piperazine rings is 1. The van der Waals surface area contributed by atoms with Gasteiger partial charge in [0.2, 0.25) is 0 Å². The molecule has 0 aromatic heterocycles. The zero-order chi connectivity index (χ0) is 16.9. The molecule has 128 valence electrons. The highest BCUT2D eigenvalue weighted by atomic mass is 79.9. The van der Waals surface area contributed by atoms with Crippen LogP contribution in [0.4, 0.5) is 4.39 Å². The van der Waals surface area contributed by atoms with Crippen molar-refractivity contribution in [2.75, 3.05) is 33.3 Å². The third-order valence-corrected chi connectivity index (χ3v) is 5.21. The van der Waals surface area contributed by atoms with E-state index in [0.29, 0.717) is 0 Å². The third kappa shape index (κ3) is 4.56. The molecule has 3 nitrogen and oxygen atoms in total. The van der Waals surface area contributed by atoms with Crippen LogP contribution >= 0.6 is 15.9 Å². The summed E-state index contributed by atoms with van der Waals surface area (Å²) in [5.74, 6) is 0.803. The maximum atomic E-state index is 13.0. The van der Waals surface area contributed by atoms with Crippen molar-refractivity contribution in [3.8, 4) is 5.75 Å². The van der Waals surface area contributed by atoms with E-state index in [2.05, 4.69) is 22.0 Å². The lowest BCUT2D eigenvalue weighted by molar-refractivity contribution is -1.02. The number of hydrogen-bond acceptors (Lipinski definition) is 1. The molecular formula is C19H24BrFN2O+2. The van der Waals surface area contributed by atoms with Crippen molar-refractivity contribution in [2.45, 2.75) is 13.1 Å². The van der Waals surface area contributed by atoms with Crippen LogP contribution in [-0.4, -0.2) is 33.3 Å². The maximum absolute atomic E-state index is 13.0. The van der Waals surface area contributed by atoms with Gasteiger partial charge in [-0.05, 0) is 30.3 Å². The monoisotopic (exact) mass is 394 g/mol. The molecule has 0 bridgehead atoms. The summed E-state index contributed by atoms with van der Waals surface area (Å²) in [7, 11) is 1.73. The highest BCUT2D eigenvalue weighted by molar-refractivity contribution is 9.10. The van der Waals surface area contributed by atoms with Gasteiger partial charge in [-0.3, -0.25) is 0 Å². The Balaban J connectivity index is 1.53. The van der Waals surface area contributed by atoms with Crippen molar-refractivity contribution in [3.05, 3.63) is 63.9 Å². The first-order chi connectivity index (χ1) is 11.6. The molecule has 2 aromatic carbocycles. The molecule has 0 amide bonds. The van der Waals surface area contributed by atoms with Crippen LogP contribution < -0.4 is 14.5 Å². The smallest absolute Gasteiger partial charge is 0.127 e. The van der Waals surface area contributed by atoms with Gasteiger partial charge in [0, 0.05) is 15.6 Å². The molecule has 2 aromatic rings. The first-order valence-corrected chi connectivity index (χ1v) is 9.17. The Hall–Kier alpha value is -1.43. The van der Waals surface area contributed by atoms with Gasteiger partial charge in [-0.15, -0.1) is 0 Å². The van der Waals surface area contributed by atoms with Gasteiger partial charge in [-0.25, -0.2) is 4.39 Å². The van der Waals surface area contributed by atoms with E-state index in [1.165, 1.54) is 11.1 Å². The minimum Gasteiger partial charge on any atom is -0.496 e. The molecule has 1 aliphatic rings. The van der Waals surface area contributed by atoms with Crippen LogP contribution in [0, 0.1) is 5.82 Å². The summed E-state index contributed by atoms with van der Waals surface area (Å²) in [6, 6.07) is 13.1. The number of quaternary nitrogens is 2. The summed E-state index contributed by atoms with van der Waals surface area (Å²) in [5.41, 5.74) is 2.47. The van der Waals surface area contributed by atoms with Gasteiger partial charge in [0.25, 0.3) is 0 Å². The number of methoxy groups -OCH3 is 1. The Morgan fingerprint density at radius 1 is 0.958 bits per heavy atom. The maximum Gasteiger partial charge on any atom is 0.127 e. The van der Waals surface area contributed by atoms with E-state index >= 15 is 0 Å². The zero-order valence-electron chi connectivity index (χ0n) is 13.9. The van der Waals surface area contributed by atoms with E-state index < -0.39 is 0 Å². The fourth-order valence-electron chi connectivity index (χ4n) is 3.36. The average Bonchev–Trinajstić information content (AvgIpc) is 2.59. The van der Waals surface area contributed by atoms with E-state index in [1.54, 1.807) is 29.0 Å². The summed E-state index contributed by atoms with van der Waals surface area (Å²) in [6.45, 7) is 6.55. The van der Waals surface area contributed by atoms with Crippen molar-refractivity contribution in [2.24, 2.45) is 0 Å². The predicted molar refractivity (Wildman–Crippen MR) is 95.9 cm³/mol. The molecule has 1 aliphatic heterocycles. The van der Waals surface area contributed by atoms with E-state index in [0.717, 1.165) is 49.5 Å². The van der Waals surface area contributed by atoms with Crippen molar-refractivity contribution in [1.29, 1.82) is 0 Å². The first kappa shape index (κ1) is 17.4. The lowest BCUT2D eigenvalue weighted by Gasteiger charge is -2.30. The van der Waals surface area contributed by atoms with Gasteiger partial charge in [-0.1, -0.05) is 28.1 Å². The molecule has 24 heavy (non-hydrogen) atoms. The molecule has 0 aliphatic carbocycles. The summed E-state index contributed by atoms with van der Waals surface area (Å²) < 4.78 is 19.6. The Labute approximate surface area is 151 Å². The van der Waals surface area contributed by atoms with Crippen molar-refractivity contribution in [3.63, 3.8) is 0 Å². The minimum absolute atomic E-state index is 0.161.